The summed E-state index contributed by atoms with van der Waals surface area (Å²) >= 11 is 3.28. The molecular formula is C23H20N2O2S2. The van der Waals surface area contributed by atoms with Crippen molar-refractivity contribution in [2.45, 2.75) is 36.5 Å². The highest BCUT2D eigenvalue weighted by Crippen LogP contribution is 2.38. The number of benzene rings is 1. The topological polar surface area (TPSA) is 63.0 Å². The Balaban J connectivity index is 1.65. The highest BCUT2D eigenvalue weighted by Gasteiger charge is 2.23. The Morgan fingerprint density at radius 3 is 2.62 bits per heavy atom. The lowest BCUT2D eigenvalue weighted by Gasteiger charge is -2.21. The van der Waals surface area contributed by atoms with Crippen molar-refractivity contribution in [3.8, 4) is 16.6 Å². The number of hydrogen-bond acceptors (Lipinski definition) is 6. The van der Waals surface area contributed by atoms with E-state index in [9.17, 15) is 10.1 Å². The van der Waals surface area contributed by atoms with Crippen molar-refractivity contribution in [1.82, 2.24) is 4.98 Å². The van der Waals surface area contributed by atoms with Gasteiger partial charge in [-0.15, -0.1) is 23.1 Å². The normalized spacial score (nSPS) is 12.8. The highest BCUT2D eigenvalue weighted by molar-refractivity contribution is 7.98. The molecule has 1 aliphatic rings. The van der Waals surface area contributed by atoms with E-state index in [-0.39, 0.29) is 5.97 Å². The molecule has 0 saturated heterocycles. The molecule has 1 aliphatic carbocycles. The van der Waals surface area contributed by atoms with E-state index in [0.717, 1.165) is 52.4 Å². The minimum atomic E-state index is -0.340. The zero-order valence-corrected chi connectivity index (χ0v) is 17.7. The summed E-state index contributed by atoms with van der Waals surface area (Å²) < 4.78 is 4.75. The highest BCUT2D eigenvalue weighted by atomic mass is 32.2. The minimum absolute atomic E-state index is 0.340. The van der Waals surface area contributed by atoms with Crippen LogP contribution in [-0.2, 0) is 23.3 Å². The number of rotatable bonds is 5. The number of thiophene rings is 1. The maximum Gasteiger partial charge on any atom is 0.337 e. The minimum Gasteiger partial charge on any atom is -0.465 e. The van der Waals surface area contributed by atoms with Crippen LogP contribution in [0.3, 0.4) is 0 Å². The Morgan fingerprint density at radius 2 is 1.97 bits per heavy atom. The van der Waals surface area contributed by atoms with E-state index in [1.165, 1.54) is 18.2 Å². The molecule has 0 N–H and O–H groups in total. The molecule has 4 nitrogen and oxygen atoms in total. The molecule has 6 heteroatoms. The number of pyridine rings is 1. The number of methoxy groups -OCH3 is 1. The third-order valence-electron chi connectivity index (χ3n) is 5.10. The Hall–Kier alpha value is -2.62. The van der Waals surface area contributed by atoms with E-state index in [4.69, 9.17) is 9.72 Å². The van der Waals surface area contributed by atoms with E-state index in [0.29, 0.717) is 11.3 Å². The number of aromatic nitrogens is 1. The smallest absolute Gasteiger partial charge is 0.337 e. The molecule has 0 spiro atoms. The van der Waals surface area contributed by atoms with E-state index in [2.05, 4.69) is 17.5 Å². The molecule has 2 heterocycles. The molecule has 0 aliphatic heterocycles. The first kappa shape index (κ1) is 19.7. The first-order valence-corrected chi connectivity index (χ1v) is 11.4. The van der Waals surface area contributed by atoms with Crippen LogP contribution in [0.25, 0.3) is 10.6 Å². The number of carbonyl (C=O) groups excluding carboxylic acids is 1. The zero-order chi connectivity index (χ0) is 20.2. The fourth-order valence-electron chi connectivity index (χ4n) is 3.64. The van der Waals surface area contributed by atoms with Crippen molar-refractivity contribution in [3.05, 3.63) is 69.6 Å². The Morgan fingerprint density at radius 1 is 1.21 bits per heavy atom. The van der Waals surface area contributed by atoms with Crippen molar-refractivity contribution < 1.29 is 9.53 Å². The number of carbonyl (C=O) groups is 1. The van der Waals surface area contributed by atoms with Gasteiger partial charge in [0.25, 0.3) is 0 Å². The second kappa shape index (κ2) is 8.81. The predicted molar refractivity (Wildman–Crippen MR) is 116 cm³/mol. The van der Waals surface area contributed by atoms with Gasteiger partial charge in [-0.1, -0.05) is 18.2 Å². The average molecular weight is 421 g/mol. The molecule has 1 aromatic carbocycles. The molecular weight excluding hydrogens is 400 g/mol. The van der Waals surface area contributed by atoms with Gasteiger partial charge in [0, 0.05) is 5.75 Å². The molecule has 2 aromatic heterocycles. The van der Waals surface area contributed by atoms with Crippen molar-refractivity contribution in [1.29, 1.82) is 5.26 Å². The number of ether oxygens (including phenoxy) is 1. The van der Waals surface area contributed by atoms with Crippen LogP contribution in [-0.4, -0.2) is 18.1 Å². The van der Waals surface area contributed by atoms with Crippen molar-refractivity contribution in [2.24, 2.45) is 0 Å². The lowest BCUT2D eigenvalue weighted by atomic mass is 9.88. The summed E-state index contributed by atoms with van der Waals surface area (Å²) in [6, 6.07) is 14.0. The van der Waals surface area contributed by atoms with Crippen LogP contribution < -0.4 is 0 Å². The van der Waals surface area contributed by atoms with Crippen molar-refractivity contribution in [2.75, 3.05) is 7.11 Å². The van der Waals surface area contributed by atoms with Gasteiger partial charge in [-0.25, -0.2) is 9.78 Å². The van der Waals surface area contributed by atoms with Gasteiger partial charge in [-0.3, -0.25) is 0 Å². The second-order valence-electron chi connectivity index (χ2n) is 6.87. The Labute approximate surface area is 178 Å². The molecule has 0 radical (unpaired) electrons. The van der Waals surface area contributed by atoms with E-state index in [1.807, 2.05) is 18.2 Å². The molecule has 0 unspecified atom stereocenters. The summed E-state index contributed by atoms with van der Waals surface area (Å²) in [4.78, 5) is 17.7. The Bertz CT molecular complexity index is 1070. The summed E-state index contributed by atoms with van der Waals surface area (Å²) in [5, 5.41) is 12.7. The SMILES string of the molecule is COC(=O)c1ccc(CSc2nc(-c3cccs3)c3c(c2C#N)CCCC3)cc1. The van der Waals surface area contributed by atoms with Crippen LogP contribution in [0.15, 0.2) is 46.8 Å². The number of esters is 1. The summed E-state index contributed by atoms with van der Waals surface area (Å²) in [6.07, 6.45) is 4.20. The maximum atomic E-state index is 11.6. The summed E-state index contributed by atoms with van der Waals surface area (Å²) in [7, 11) is 1.38. The van der Waals surface area contributed by atoms with Gasteiger partial charge in [0.05, 0.1) is 28.8 Å². The summed E-state index contributed by atoms with van der Waals surface area (Å²) in [5.74, 6) is 0.346. The summed E-state index contributed by atoms with van der Waals surface area (Å²) in [6.45, 7) is 0. The molecule has 0 bridgehead atoms. The number of hydrogen-bond donors (Lipinski definition) is 0. The van der Waals surface area contributed by atoms with E-state index < -0.39 is 0 Å². The van der Waals surface area contributed by atoms with Crippen molar-refractivity contribution >= 4 is 29.1 Å². The van der Waals surface area contributed by atoms with Gasteiger partial charge in [-0.2, -0.15) is 5.26 Å². The molecule has 29 heavy (non-hydrogen) atoms. The molecule has 0 saturated carbocycles. The quantitative estimate of drug-likeness (QED) is 0.395. The number of thioether (sulfide) groups is 1. The molecule has 4 rings (SSSR count). The van der Waals surface area contributed by atoms with Crippen LogP contribution in [0.2, 0.25) is 0 Å². The van der Waals surface area contributed by atoms with E-state index >= 15 is 0 Å². The summed E-state index contributed by atoms with van der Waals surface area (Å²) in [5.41, 5.74) is 5.81. The van der Waals surface area contributed by atoms with Gasteiger partial charge in [0.2, 0.25) is 0 Å². The third kappa shape index (κ3) is 4.07. The van der Waals surface area contributed by atoms with Crippen LogP contribution in [0.5, 0.6) is 0 Å². The van der Waals surface area contributed by atoms with Crippen LogP contribution in [0.1, 0.15) is 45.5 Å². The molecule has 0 fully saturated rings. The zero-order valence-electron chi connectivity index (χ0n) is 16.1. The first-order chi connectivity index (χ1) is 14.2. The fourth-order valence-corrected chi connectivity index (χ4v) is 5.35. The molecule has 0 amide bonds. The monoisotopic (exact) mass is 420 g/mol. The van der Waals surface area contributed by atoms with E-state index in [1.54, 1.807) is 35.2 Å². The largest absolute Gasteiger partial charge is 0.465 e. The number of nitriles is 1. The predicted octanol–water partition coefficient (Wildman–Crippen LogP) is 5.64. The molecule has 0 atom stereocenters. The number of nitrogens with zero attached hydrogens (tertiary/aromatic N) is 2. The van der Waals surface area contributed by atoms with Crippen LogP contribution in [0.4, 0.5) is 0 Å². The fraction of sp³-hybridized carbons (Fsp3) is 0.261. The Kier molecular flexibility index (Phi) is 5.98. The molecule has 146 valence electrons. The van der Waals surface area contributed by atoms with Gasteiger partial charge in [0.15, 0.2) is 0 Å². The van der Waals surface area contributed by atoms with Crippen LogP contribution >= 0.6 is 23.1 Å². The standard InChI is InChI=1S/C23H20N2O2S2/c1-27-23(26)16-10-8-15(9-11-16)14-29-22-19(13-24)17-5-2-3-6-18(17)21(25-22)20-7-4-12-28-20/h4,7-12H,2-3,5-6,14H2,1H3. The lowest BCUT2D eigenvalue weighted by molar-refractivity contribution is 0.0600. The van der Waals surface area contributed by atoms with Gasteiger partial charge >= 0.3 is 5.97 Å². The maximum absolute atomic E-state index is 11.6. The van der Waals surface area contributed by atoms with Crippen LogP contribution in [0, 0.1) is 11.3 Å². The van der Waals surface area contributed by atoms with Gasteiger partial charge in [0.1, 0.15) is 11.1 Å². The number of fused-ring (bicyclic) bond motifs is 1. The third-order valence-corrected chi connectivity index (χ3v) is 7.02. The first-order valence-electron chi connectivity index (χ1n) is 9.51. The van der Waals surface area contributed by atoms with Crippen molar-refractivity contribution in [3.63, 3.8) is 0 Å². The average Bonchev–Trinajstić information content (AvgIpc) is 3.31. The van der Waals surface area contributed by atoms with Gasteiger partial charge in [-0.05, 0) is 66.0 Å². The molecule has 3 aromatic rings. The lowest BCUT2D eigenvalue weighted by Crippen LogP contribution is -2.10. The second-order valence-corrected chi connectivity index (χ2v) is 8.78. The van der Waals surface area contributed by atoms with Gasteiger partial charge < -0.3 is 4.74 Å².